The van der Waals surface area contributed by atoms with Gasteiger partial charge in [0.15, 0.2) is 0 Å². The van der Waals surface area contributed by atoms with Crippen LogP contribution in [0, 0.1) is 0 Å². The molecule has 1 aliphatic carbocycles. The number of hydrogen-bond acceptors (Lipinski definition) is 5. The summed E-state index contributed by atoms with van der Waals surface area (Å²) in [6.45, 7) is 1.04. The van der Waals surface area contributed by atoms with Crippen molar-refractivity contribution < 1.29 is 4.79 Å². The van der Waals surface area contributed by atoms with Crippen molar-refractivity contribution in [3.8, 4) is 0 Å². The van der Waals surface area contributed by atoms with Crippen molar-refractivity contribution in [1.29, 1.82) is 0 Å². The number of nitrogens with zero attached hydrogens (tertiary/aromatic N) is 2. The van der Waals surface area contributed by atoms with E-state index in [-0.39, 0.29) is 0 Å². The number of carbonyl (C=O) groups is 1. The van der Waals surface area contributed by atoms with Crippen molar-refractivity contribution in [2.24, 2.45) is 5.73 Å². The number of urea groups is 1. The molecule has 7 nitrogen and oxygen atoms in total. The van der Waals surface area contributed by atoms with Crippen LogP contribution in [-0.4, -0.2) is 36.1 Å². The zero-order chi connectivity index (χ0) is 13.0. The lowest BCUT2D eigenvalue weighted by atomic mass is 10.3. The molecule has 1 aromatic heterocycles. The summed E-state index contributed by atoms with van der Waals surface area (Å²) < 4.78 is 0. The van der Waals surface area contributed by atoms with Gasteiger partial charge in [0.25, 0.3) is 0 Å². The largest absolute Gasteiger partial charge is 0.373 e. The molecule has 7 heteroatoms. The standard InChI is InChI=1S/C11H18N6O/c1-13-8-6-9(14-4-5-15-11(12)18)17-10(16-8)7-2-3-7/h6-7H,2-5H2,1H3,(H3,12,15,18)(H2,13,14,16,17). The third-order valence-corrected chi connectivity index (χ3v) is 2.67. The second-order valence-electron chi connectivity index (χ2n) is 4.24. The lowest BCUT2D eigenvalue weighted by Gasteiger charge is -2.09. The first kappa shape index (κ1) is 12.4. The summed E-state index contributed by atoms with van der Waals surface area (Å²) in [7, 11) is 1.83. The molecule has 2 rings (SSSR count). The van der Waals surface area contributed by atoms with Crippen molar-refractivity contribution in [2.75, 3.05) is 30.8 Å². The molecular formula is C11H18N6O. The molecule has 98 valence electrons. The van der Waals surface area contributed by atoms with E-state index in [1.807, 2.05) is 13.1 Å². The maximum Gasteiger partial charge on any atom is 0.312 e. The Balaban J connectivity index is 1.93. The Labute approximate surface area is 106 Å². The molecule has 18 heavy (non-hydrogen) atoms. The molecule has 0 aromatic carbocycles. The number of aromatic nitrogens is 2. The second-order valence-corrected chi connectivity index (χ2v) is 4.24. The summed E-state index contributed by atoms with van der Waals surface area (Å²) in [5.41, 5.74) is 4.98. The lowest BCUT2D eigenvalue weighted by molar-refractivity contribution is 0.249. The molecule has 0 aliphatic heterocycles. The summed E-state index contributed by atoms with van der Waals surface area (Å²) >= 11 is 0. The van der Waals surface area contributed by atoms with Crippen molar-refractivity contribution in [2.45, 2.75) is 18.8 Å². The van der Waals surface area contributed by atoms with Gasteiger partial charge < -0.3 is 21.7 Å². The molecule has 0 spiro atoms. The highest BCUT2D eigenvalue weighted by atomic mass is 16.2. The minimum absolute atomic E-state index is 0.465. The Morgan fingerprint density at radius 2 is 2.11 bits per heavy atom. The molecule has 1 aliphatic rings. The molecule has 0 radical (unpaired) electrons. The predicted molar refractivity (Wildman–Crippen MR) is 69.6 cm³/mol. The number of primary amides is 1. The number of amides is 2. The van der Waals surface area contributed by atoms with Gasteiger partial charge in [0, 0.05) is 32.1 Å². The molecule has 1 heterocycles. The number of anilines is 2. The summed E-state index contributed by atoms with van der Waals surface area (Å²) in [6, 6.07) is 1.32. The summed E-state index contributed by atoms with van der Waals surface area (Å²) in [6.07, 6.45) is 2.33. The molecule has 1 fully saturated rings. The van der Waals surface area contributed by atoms with E-state index >= 15 is 0 Å². The third-order valence-electron chi connectivity index (χ3n) is 2.67. The Hall–Kier alpha value is -2.05. The number of carbonyl (C=O) groups excluding carboxylic acids is 1. The van der Waals surface area contributed by atoms with Gasteiger partial charge in [-0.1, -0.05) is 0 Å². The van der Waals surface area contributed by atoms with E-state index < -0.39 is 6.03 Å². The van der Waals surface area contributed by atoms with Gasteiger partial charge in [-0.3, -0.25) is 0 Å². The zero-order valence-electron chi connectivity index (χ0n) is 10.4. The average molecular weight is 250 g/mol. The van der Waals surface area contributed by atoms with Gasteiger partial charge in [-0.25, -0.2) is 14.8 Å². The topological polar surface area (TPSA) is 105 Å². The predicted octanol–water partition coefficient (Wildman–Crippen LogP) is 0.476. The molecule has 0 saturated heterocycles. The SMILES string of the molecule is CNc1cc(NCCNC(N)=O)nc(C2CC2)n1. The van der Waals surface area contributed by atoms with E-state index in [0.29, 0.717) is 19.0 Å². The Kier molecular flexibility index (Phi) is 3.81. The monoisotopic (exact) mass is 250 g/mol. The fraction of sp³-hybridized carbons (Fsp3) is 0.545. The van der Waals surface area contributed by atoms with Crippen LogP contribution in [0.25, 0.3) is 0 Å². The maximum absolute atomic E-state index is 10.5. The van der Waals surface area contributed by atoms with Gasteiger partial charge >= 0.3 is 6.03 Å². The van der Waals surface area contributed by atoms with Crippen LogP contribution in [0.15, 0.2) is 6.07 Å². The normalized spacial score (nSPS) is 14.1. The van der Waals surface area contributed by atoms with Crippen LogP contribution in [0.2, 0.25) is 0 Å². The van der Waals surface area contributed by atoms with E-state index in [9.17, 15) is 4.79 Å². The minimum Gasteiger partial charge on any atom is -0.373 e. The highest BCUT2D eigenvalue weighted by molar-refractivity contribution is 5.71. The highest BCUT2D eigenvalue weighted by Gasteiger charge is 2.27. The van der Waals surface area contributed by atoms with Crippen LogP contribution in [0.1, 0.15) is 24.6 Å². The van der Waals surface area contributed by atoms with Gasteiger partial charge in [-0.2, -0.15) is 0 Å². The van der Waals surface area contributed by atoms with Gasteiger partial charge in [0.2, 0.25) is 0 Å². The van der Waals surface area contributed by atoms with Crippen molar-refractivity contribution in [3.05, 3.63) is 11.9 Å². The molecule has 1 aromatic rings. The molecule has 1 saturated carbocycles. The van der Waals surface area contributed by atoms with Crippen LogP contribution in [0.3, 0.4) is 0 Å². The number of rotatable bonds is 6. The number of hydrogen-bond donors (Lipinski definition) is 4. The third kappa shape index (κ3) is 3.47. The molecule has 5 N–H and O–H groups in total. The fourth-order valence-electron chi connectivity index (χ4n) is 1.58. The summed E-state index contributed by atoms with van der Waals surface area (Å²) in [4.78, 5) is 19.4. The van der Waals surface area contributed by atoms with Gasteiger partial charge in [0.05, 0.1) is 0 Å². The van der Waals surface area contributed by atoms with Gasteiger partial charge in [-0.15, -0.1) is 0 Å². The van der Waals surface area contributed by atoms with Gasteiger partial charge in [0.1, 0.15) is 17.5 Å². The summed E-state index contributed by atoms with van der Waals surface area (Å²) in [5, 5.41) is 8.67. The molecule has 0 unspecified atom stereocenters. The number of nitrogens with two attached hydrogens (primary N) is 1. The van der Waals surface area contributed by atoms with E-state index in [0.717, 1.165) is 30.3 Å². The van der Waals surface area contributed by atoms with Crippen LogP contribution in [0.5, 0.6) is 0 Å². The molecule has 0 atom stereocenters. The highest BCUT2D eigenvalue weighted by Crippen LogP contribution is 2.38. The first-order valence-electron chi connectivity index (χ1n) is 6.03. The Morgan fingerprint density at radius 3 is 2.72 bits per heavy atom. The second kappa shape index (κ2) is 5.52. The fourth-order valence-corrected chi connectivity index (χ4v) is 1.58. The summed E-state index contributed by atoms with van der Waals surface area (Å²) in [5.74, 6) is 2.95. The van der Waals surface area contributed by atoms with E-state index in [4.69, 9.17) is 5.73 Å². The Morgan fingerprint density at radius 1 is 1.39 bits per heavy atom. The first-order chi connectivity index (χ1) is 8.69. The first-order valence-corrected chi connectivity index (χ1v) is 6.03. The van der Waals surface area contributed by atoms with Crippen molar-refractivity contribution >= 4 is 17.7 Å². The van der Waals surface area contributed by atoms with E-state index in [1.165, 1.54) is 0 Å². The van der Waals surface area contributed by atoms with Crippen LogP contribution in [-0.2, 0) is 0 Å². The van der Waals surface area contributed by atoms with Crippen LogP contribution < -0.4 is 21.7 Å². The zero-order valence-corrected chi connectivity index (χ0v) is 10.4. The smallest absolute Gasteiger partial charge is 0.312 e. The maximum atomic E-state index is 10.5. The quantitative estimate of drug-likeness (QED) is 0.549. The van der Waals surface area contributed by atoms with Gasteiger partial charge in [-0.05, 0) is 12.8 Å². The number of nitrogens with one attached hydrogen (secondary N) is 3. The van der Waals surface area contributed by atoms with E-state index in [1.54, 1.807) is 0 Å². The van der Waals surface area contributed by atoms with Crippen LogP contribution in [0.4, 0.5) is 16.4 Å². The molecule has 0 bridgehead atoms. The lowest BCUT2D eigenvalue weighted by Crippen LogP contribution is -2.33. The van der Waals surface area contributed by atoms with Crippen LogP contribution >= 0.6 is 0 Å². The van der Waals surface area contributed by atoms with Crippen molar-refractivity contribution in [3.63, 3.8) is 0 Å². The van der Waals surface area contributed by atoms with E-state index in [2.05, 4.69) is 25.9 Å². The minimum atomic E-state index is -0.519. The average Bonchev–Trinajstić information content (AvgIpc) is 3.18. The molecule has 2 amide bonds. The van der Waals surface area contributed by atoms with Crippen molar-refractivity contribution in [1.82, 2.24) is 15.3 Å². The Bertz CT molecular complexity index is 432. The molecular weight excluding hydrogens is 232 g/mol.